The minimum absolute atomic E-state index is 0.169. The van der Waals surface area contributed by atoms with Crippen molar-refractivity contribution >= 4 is 17.5 Å². The van der Waals surface area contributed by atoms with E-state index < -0.39 is 0 Å². The summed E-state index contributed by atoms with van der Waals surface area (Å²) in [6.07, 6.45) is 5.49. The largest absolute Gasteiger partial charge is 0.333 e. The van der Waals surface area contributed by atoms with Crippen molar-refractivity contribution in [1.29, 1.82) is 0 Å². The van der Waals surface area contributed by atoms with E-state index in [-0.39, 0.29) is 17.9 Å². The zero-order valence-electron chi connectivity index (χ0n) is 13.7. The van der Waals surface area contributed by atoms with Crippen LogP contribution in [-0.2, 0) is 4.79 Å². The smallest absolute Gasteiger partial charge is 0.226 e. The van der Waals surface area contributed by atoms with Crippen molar-refractivity contribution < 1.29 is 4.79 Å². The zero-order valence-corrected chi connectivity index (χ0v) is 14.5. The van der Waals surface area contributed by atoms with Crippen LogP contribution in [-0.4, -0.2) is 22.8 Å². The summed E-state index contributed by atoms with van der Waals surface area (Å²) in [5, 5.41) is 0.698. The van der Waals surface area contributed by atoms with Gasteiger partial charge in [-0.05, 0) is 54.5 Å². The molecule has 2 aliphatic carbocycles. The average molecular weight is 341 g/mol. The fourth-order valence-electron chi connectivity index (χ4n) is 4.33. The molecule has 24 heavy (non-hydrogen) atoms. The van der Waals surface area contributed by atoms with Crippen LogP contribution in [0.15, 0.2) is 48.7 Å². The van der Waals surface area contributed by atoms with Crippen LogP contribution in [0.4, 0.5) is 0 Å². The highest BCUT2D eigenvalue weighted by atomic mass is 35.5. The molecule has 4 atom stereocenters. The van der Waals surface area contributed by atoms with Gasteiger partial charge in [0.1, 0.15) is 0 Å². The third-order valence-corrected chi connectivity index (χ3v) is 5.83. The number of amides is 1. The molecule has 0 saturated heterocycles. The molecule has 2 aromatic rings. The zero-order chi connectivity index (χ0) is 16.7. The van der Waals surface area contributed by atoms with E-state index in [1.54, 1.807) is 6.20 Å². The molecule has 0 bridgehead atoms. The third kappa shape index (κ3) is 2.71. The summed E-state index contributed by atoms with van der Waals surface area (Å²) in [4.78, 5) is 19.4. The minimum Gasteiger partial charge on any atom is -0.333 e. The van der Waals surface area contributed by atoms with Crippen molar-refractivity contribution in [2.75, 3.05) is 7.05 Å². The van der Waals surface area contributed by atoms with Crippen molar-refractivity contribution in [1.82, 2.24) is 9.88 Å². The van der Waals surface area contributed by atoms with Gasteiger partial charge in [-0.25, -0.2) is 0 Å². The Morgan fingerprint density at radius 3 is 2.50 bits per heavy atom. The lowest BCUT2D eigenvalue weighted by Crippen LogP contribution is -2.34. The molecule has 0 N–H and O–H groups in total. The van der Waals surface area contributed by atoms with E-state index in [1.165, 1.54) is 19.3 Å². The van der Waals surface area contributed by atoms with Gasteiger partial charge >= 0.3 is 0 Å². The monoisotopic (exact) mass is 340 g/mol. The minimum atomic E-state index is -0.169. The first kappa shape index (κ1) is 15.6. The molecule has 1 amide bonds. The molecule has 3 nitrogen and oxygen atoms in total. The lowest BCUT2D eigenvalue weighted by molar-refractivity contribution is -0.133. The molecule has 124 valence electrons. The summed E-state index contributed by atoms with van der Waals surface area (Å²) in [5.74, 6) is 1.72. The Bertz CT molecular complexity index is 721. The second-order valence-corrected chi connectivity index (χ2v) is 7.38. The molecule has 2 fully saturated rings. The molecule has 1 aromatic carbocycles. The molecular formula is C20H21ClN2O. The standard InChI is InChI=1S/C20H21ClN2O/c1-23(20(24)18-15-5-4-6-16(15)18)19(17-7-2-3-12-22-17)13-8-10-14(21)11-9-13/h2-3,7-12,15-16,18-19H,4-6H2,1H3/t15-,16+,18?,19-/m0/s1. The van der Waals surface area contributed by atoms with E-state index in [4.69, 9.17) is 11.6 Å². The Balaban J connectivity index is 1.64. The molecular weight excluding hydrogens is 320 g/mol. The van der Waals surface area contributed by atoms with E-state index in [1.807, 2.05) is 54.4 Å². The molecule has 1 heterocycles. The first-order valence-electron chi connectivity index (χ1n) is 8.60. The third-order valence-electron chi connectivity index (χ3n) is 5.58. The van der Waals surface area contributed by atoms with Gasteiger partial charge in [-0.1, -0.05) is 36.2 Å². The SMILES string of the molecule is CN(C(=O)C1[C@H]2CCC[C@@H]12)[C@@H](c1ccc(Cl)cc1)c1ccccn1. The van der Waals surface area contributed by atoms with Crippen LogP contribution in [0.25, 0.3) is 0 Å². The highest BCUT2D eigenvalue weighted by Gasteiger charge is 2.57. The van der Waals surface area contributed by atoms with Crippen molar-refractivity contribution in [2.24, 2.45) is 17.8 Å². The maximum absolute atomic E-state index is 13.0. The topological polar surface area (TPSA) is 33.2 Å². The van der Waals surface area contributed by atoms with Crippen LogP contribution >= 0.6 is 11.6 Å². The Hall–Kier alpha value is -1.87. The highest BCUT2D eigenvalue weighted by molar-refractivity contribution is 6.30. The molecule has 0 spiro atoms. The molecule has 2 saturated carbocycles. The number of hydrogen-bond donors (Lipinski definition) is 0. The van der Waals surface area contributed by atoms with Gasteiger partial charge in [0.15, 0.2) is 0 Å². The summed E-state index contributed by atoms with van der Waals surface area (Å²) in [6, 6.07) is 13.4. The summed E-state index contributed by atoms with van der Waals surface area (Å²) in [7, 11) is 1.91. The number of pyridine rings is 1. The first-order valence-corrected chi connectivity index (χ1v) is 8.97. The van der Waals surface area contributed by atoms with Crippen LogP contribution < -0.4 is 0 Å². The lowest BCUT2D eigenvalue weighted by atomic mass is 10.0. The summed E-state index contributed by atoms with van der Waals surface area (Å²) < 4.78 is 0. The van der Waals surface area contributed by atoms with Gasteiger partial charge in [0.25, 0.3) is 0 Å². The number of fused-ring (bicyclic) bond motifs is 1. The normalized spacial score (nSPS) is 25.8. The van der Waals surface area contributed by atoms with Crippen LogP contribution in [0.1, 0.15) is 36.6 Å². The van der Waals surface area contributed by atoms with Gasteiger partial charge in [-0.3, -0.25) is 9.78 Å². The van der Waals surface area contributed by atoms with Gasteiger partial charge in [0.2, 0.25) is 5.91 Å². The summed E-state index contributed by atoms with van der Waals surface area (Å²) >= 11 is 6.03. The van der Waals surface area contributed by atoms with E-state index in [0.29, 0.717) is 16.9 Å². The van der Waals surface area contributed by atoms with Gasteiger partial charge in [0, 0.05) is 24.2 Å². The van der Waals surface area contributed by atoms with Crippen LogP contribution in [0.5, 0.6) is 0 Å². The molecule has 1 unspecified atom stereocenters. The Kier molecular flexibility index (Phi) is 4.05. The van der Waals surface area contributed by atoms with E-state index in [9.17, 15) is 4.79 Å². The highest BCUT2D eigenvalue weighted by Crippen LogP contribution is 2.58. The maximum Gasteiger partial charge on any atom is 0.226 e. The number of carbonyl (C=O) groups is 1. The summed E-state index contributed by atoms with van der Waals surface area (Å²) in [6.45, 7) is 0. The Morgan fingerprint density at radius 1 is 1.17 bits per heavy atom. The van der Waals surface area contributed by atoms with Crippen molar-refractivity contribution in [3.05, 3.63) is 64.9 Å². The first-order chi connectivity index (χ1) is 11.7. The Labute approximate surface area is 147 Å². The molecule has 4 rings (SSSR count). The number of nitrogens with zero attached hydrogens (tertiary/aromatic N) is 2. The maximum atomic E-state index is 13.0. The van der Waals surface area contributed by atoms with Gasteiger partial charge in [-0.2, -0.15) is 0 Å². The number of aromatic nitrogens is 1. The van der Waals surface area contributed by atoms with Crippen LogP contribution in [0.2, 0.25) is 5.02 Å². The quantitative estimate of drug-likeness (QED) is 0.830. The predicted molar refractivity (Wildman–Crippen MR) is 94.6 cm³/mol. The van der Waals surface area contributed by atoms with Crippen molar-refractivity contribution in [2.45, 2.75) is 25.3 Å². The van der Waals surface area contributed by atoms with Gasteiger partial charge < -0.3 is 4.90 Å². The Morgan fingerprint density at radius 2 is 1.88 bits per heavy atom. The van der Waals surface area contributed by atoms with E-state index >= 15 is 0 Å². The number of benzene rings is 1. The summed E-state index contributed by atoms with van der Waals surface area (Å²) in [5.41, 5.74) is 1.93. The lowest BCUT2D eigenvalue weighted by Gasteiger charge is -2.29. The second kappa shape index (κ2) is 6.21. The van der Waals surface area contributed by atoms with Crippen molar-refractivity contribution in [3.63, 3.8) is 0 Å². The number of halogens is 1. The molecule has 1 aromatic heterocycles. The van der Waals surface area contributed by atoms with Gasteiger partial charge in [-0.15, -0.1) is 0 Å². The second-order valence-electron chi connectivity index (χ2n) is 6.94. The van der Waals surface area contributed by atoms with Gasteiger partial charge in [0.05, 0.1) is 11.7 Å². The average Bonchev–Trinajstić information content (AvgIpc) is 3.08. The van der Waals surface area contributed by atoms with Crippen LogP contribution in [0, 0.1) is 17.8 Å². The molecule has 4 heteroatoms. The number of carbonyl (C=O) groups excluding carboxylic acids is 1. The van der Waals surface area contributed by atoms with Crippen LogP contribution in [0.3, 0.4) is 0 Å². The van der Waals surface area contributed by atoms with Crippen molar-refractivity contribution in [3.8, 4) is 0 Å². The molecule has 0 radical (unpaired) electrons. The van der Waals surface area contributed by atoms with E-state index in [2.05, 4.69) is 4.98 Å². The molecule has 2 aliphatic rings. The molecule has 0 aliphatic heterocycles. The number of rotatable bonds is 4. The fraction of sp³-hybridized carbons (Fsp3) is 0.400. The van der Waals surface area contributed by atoms with E-state index in [0.717, 1.165) is 11.3 Å². The predicted octanol–water partition coefficient (Wildman–Crippen LogP) is 4.33. The fourth-order valence-corrected chi connectivity index (χ4v) is 4.45. The number of hydrogen-bond acceptors (Lipinski definition) is 2.